The topological polar surface area (TPSA) is 53.4 Å². The second kappa shape index (κ2) is 7.40. The van der Waals surface area contributed by atoms with Gasteiger partial charge >= 0.3 is 0 Å². The highest BCUT2D eigenvalue weighted by Crippen LogP contribution is 2.25. The van der Waals surface area contributed by atoms with E-state index in [1.54, 1.807) is 16.3 Å². The molecule has 2 heterocycles. The molecule has 1 aromatic carbocycles. The molecule has 1 amide bonds. The molecular formula is C18H21FN2O2S. The minimum Gasteiger partial charge on any atom is -0.394 e. The van der Waals surface area contributed by atoms with Crippen molar-refractivity contribution in [3.63, 3.8) is 0 Å². The Bertz CT molecular complexity index is 719. The van der Waals surface area contributed by atoms with Crippen molar-refractivity contribution in [3.05, 3.63) is 51.7 Å². The first-order chi connectivity index (χ1) is 11.6. The number of amides is 1. The third-order valence-electron chi connectivity index (χ3n) is 4.58. The summed E-state index contributed by atoms with van der Waals surface area (Å²) in [4.78, 5) is 18.9. The number of aliphatic hydroxyl groups is 1. The number of rotatable bonds is 4. The molecule has 2 atom stereocenters. The van der Waals surface area contributed by atoms with Gasteiger partial charge in [-0.1, -0.05) is 19.1 Å². The number of hydrogen-bond acceptors (Lipinski definition) is 4. The van der Waals surface area contributed by atoms with Crippen LogP contribution in [0.1, 0.15) is 40.8 Å². The summed E-state index contributed by atoms with van der Waals surface area (Å²) in [5.74, 6) is -0.103. The molecule has 1 aliphatic rings. The van der Waals surface area contributed by atoms with Crippen LogP contribution in [0.3, 0.4) is 0 Å². The first-order valence-electron chi connectivity index (χ1n) is 8.19. The maximum Gasteiger partial charge on any atom is 0.273 e. The van der Waals surface area contributed by atoms with E-state index in [0.29, 0.717) is 18.7 Å². The monoisotopic (exact) mass is 348 g/mol. The Morgan fingerprint density at radius 1 is 1.50 bits per heavy atom. The molecule has 1 aliphatic heterocycles. The average molecular weight is 348 g/mol. The molecule has 24 heavy (non-hydrogen) atoms. The van der Waals surface area contributed by atoms with Gasteiger partial charge < -0.3 is 10.0 Å². The van der Waals surface area contributed by atoms with Crippen molar-refractivity contribution >= 4 is 17.2 Å². The molecule has 2 unspecified atom stereocenters. The number of piperidine rings is 1. The van der Waals surface area contributed by atoms with Gasteiger partial charge in [0.2, 0.25) is 0 Å². The van der Waals surface area contributed by atoms with E-state index >= 15 is 0 Å². The van der Waals surface area contributed by atoms with Crippen molar-refractivity contribution < 1.29 is 14.3 Å². The highest BCUT2D eigenvalue weighted by Gasteiger charge is 2.32. The minimum absolute atomic E-state index is 0.0206. The summed E-state index contributed by atoms with van der Waals surface area (Å²) < 4.78 is 13.3. The van der Waals surface area contributed by atoms with Gasteiger partial charge in [-0.25, -0.2) is 9.37 Å². The molecule has 2 aromatic rings. The summed E-state index contributed by atoms with van der Waals surface area (Å²) in [6.45, 7) is 2.70. The summed E-state index contributed by atoms with van der Waals surface area (Å²) >= 11 is 1.41. The van der Waals surface area contributed by atoms with E-state index in [-0.39, 0.29) is 30.3 Å². The lowest BCUT2D eigenvalue weighted by Crippen LogP contribution is -2.49. The molecule has 1 N–H and O–H groups in total. The highest BCUT2D eigenvalue weighted by atomic mass is 32.1. The standard InChI is InChI=1S/C18H21FN2O2S/c1-12-4-3-7-21(16(12)10-22)18(23)15-11-24-17(20-15)9-13-5-2-6-14(19)8-13/h2,5-6,8,11-12,16,22H,3-4,7,9-10H2,1H3. The molecule has 1 fully saturated rings. The number of halogens is 1. The molecule has 0 saturated carbocycles. The molecule has 1 aromatic heterocycles. The quantitative estimate of drug-likeness (QED) is 0.924. The number of thiazole rings is 1. The van der Waals surface area contributed by atoms with Crippen molar-refractivity contribution in [3.8, 4) is 0 Å². The number of carbonyl (C=O) groups is 1. The van der Waals surface area contributed by atoms with Crippen molar-refractivity contribution in [2.24, 2.45) is 5.92 Å². The van der Waals surface area contributed by atoms with Crippen molar-refractivity contribution in [2.75, 3.05) is 13.2 Å². The zero-order valence-corrected chi connectivity index (χ0v) is 14.4. The van der Waals surface area contributed by atoms with Gasteiger partial charge in [-0.05, 0) is 36.5 Å². The van der Waals surface area contributed by atoms with Gasteiger partial charge in [-0.3, -0.25) is 4.79 Å². The molecule has 6 heteroatoms. The van der Waals surface area contributed by atoms with Crippen molar-refractivity contribution in [1.29, 1.82) is 0 Å². The fraction of sp³-hybridized carbons (Fsp3) is 0.444. The second-order valence-corrected chi connectivity index (χ2v) is 7.24. The Hall–Kier alpha value is -1.79. The van der Waals surface area contributed by atoms with Crippen molar-refractivity contribution in [1.82, 2.24) is 9.88 Å². The Balaban J connectivity index is 1.73. The van der Waals surface area contributed by atoms with Crippen LogP contribution in [0.2, 0.25) is 0 Å². The summed E-state index contributed by atoms with van der Waals surface area (Å²) in [6, 6.07) is 6.27. The SMILES string of the molecule is CC1CCCN(C(=O)c2csc(Cc3cccc(F)c3)n2)C1CO. The van der Waals surface area contributed by atoms with E-state index in [1.807, 2.05) is 6.07 Å². The Morgan fingerprint density at radius 2 is 2.33 bits per heavy atom. The first kappa shape index (κ1) is 17.0. The maximum atomic E-state index is 13.3. The van der Waals surface area contributed by atoms with Crippen LogP contribution >= 0.6 is 11.3 Å². The Labute approximate surface area is 145 Å². The molecule has 3 rings (SSSR count). The summed E-state index contributed by atoms with van der Waals surface area (Å²) in [6.07, 6.45) is 2.48. The van der Waals surface area contributed by atoms with Gasteiger partial charge in [-0.15, -0.1) is 11.3 Å². The molecule has 0 spiro atoms. The van der Waals surface area contributed by atoms with E-state index in [1.165, 1.54) is 23.5 Å². The van der Waals surface area contributed by atoms with Crippen LogP contribution in [0.15, 0.2) is 29.6 Å². The van der Waals surface area contributed by atoms with E-state index in [4.69, 9.17) is 0 Å². The van der Waals surface area contributed by atoms with Crippen LogP contribution in [0.25, 0.3) is 0 Å². The summed E-state index contributed by atoms with van der Waals surface area (Å²) in [7, 11) is 0. The van der Waals surface area contributed by atoms with E-state index in [0.717, 1.165) is 23.4 Å². The van der Waals surface area contributed by atoms with Crippen LogP contribution in [-0.2, 0) is 6.42 Å². The van der Waals surface area contributed by atoms with Gasteiger partial charge in [-0.2, -0.15) is 0 Å². The zero-order valence-electron chi connectivity index (χ0n) is 13.6. The smallest absolute Gasteiger partial charge is 0.273 e. The van der Waals surface area contributed by atoms with Crippen LogP contribution in [0.4, 0.5) is 4.39 Å². The molecule has 0 bridgehead atoms. The van der Waals surface area contributed by atoms with E-state index < -0.39 is 0 Å². The van der Waals surface area contributed by atoms with Crippen LogP contribution < -0.4 is 0 Å². The van der Waals surface area contributed by atoms with Crippen molar-refractivity contribution in [2.45, 2.75) is 32.2 Å². The normalized spacial score (nSPS) is 21.0. The fourth-order valence-corrected chi connectivity index (χ4v) is 4.04. The first-order valence-corrected chi connectivity index (χ1v) is 9.07. The van der Waals surface area contributed by atoms with E-state index in [9.17, 15) is 14.3 Å². The molecule has 128 valence electrons. The number of aromatic nitrogens is 1. The van der Waals surface area contributed by atoms with Gasteiger partial charge in [0.15, 0.2) is 0 Å². The summed E-state index contributed by atoms with van der Waals surface area (Å²) in [5, 5.41) is 12.1. The number of nitrogens with zero attached hydrogens (tertiary/aromatic N) is 2. The van der Waals surface area contributed by atoms with Crippen LogP contribution in [0.5, 0.6) is 0 Å². The third-order valence-corrected chi connectivity index (χ3v) is 5.43. The van der Waals surface area contributed by atoms with Crippen LogP contribution in [-0.4, -0.2) is 40.1 Å². The molecule has 1 saturated heterocycles. The average Bonchev–Trinajstić information content (AvgIpc) is 3.02. The Morgan fingerprint density at radius 3 is 3.08 bits per heavy atom. The number of likely N-dealkylation sites (tertiary alicyclic amines) is 1. The molecule has 0 aliphatic carbocycles. The maximum absolute atomic E-state index is 13.3. The largest absolute Gasteiger partial charge is 0.394 e. The lowest BCUT2D eigenvalue weighted by molar-refractivity contribution is 0.0354. The molecule has 4 nitrogen and oxygen atoms in total. The van der Waals surface area contributed by atoms with Gasteiger partial charge in [0.05, 0.1) is 17.7 Å². The number of hydrogen-bond donors (Lipinski definition) is 1. The predicted octanol–water partition coefficient (Wildman–Crippen LogP) is 3.11. The Kier molecular flexibility index (Phi) is 5.26. The van der Waals surface area contributed by atoms with E-state index in [2.05, 4.69) is 11.9 Å². The lowest BCUT2D eigenvalue weighted by Gasteiger charge is -2.38. The van der Waals surface area contributed by atoms with Gasteiger partial charge in [0, 0.05) is 18.3 Å². The molecule has 0 radical (unpaired) electrons. The minimum atomic E-state index is -0.270. The third kappa shape index (κ3) is 3.65. The van der Waals surface area contributed by atoms with Gasteiger partial charge in [0.1, 0.15) is 11.5 Å². The van der Waals surface area contributed by atoms with Gasteiger partial charge in [0.25, 0.3) is 5.91 Å². The van der Waals surface area contributed by atoms with Crippen LogP contribution in [0, 0.1) is 11.7 Å². The lowest BCUT2D eigenvalue weighted by atomic mass is 9.91. The predicted molar refractivity (Wildman–Crippen MR) is 91.6 cm³/mol. The second-order valence-electron chi connectivity index (χ2n) is 6.30. The number of aliphatic hydroxyl groups excluding tert-OH is 1. The zero-order chi connectivity index (χ0) is 17.1. The highest BCUT2D eigenvalue weighted by molar-refractivity contribution is 7.09. The fourth-order valence-electron chi connectivity index (χ4n) is 3.24. The number of benzene rings is 1. The number of carbonyl (C=O) groups excluding carboxylic acids is 1. The summed E-state index contributed by atoms with van der Waals surface area (Å²) in [5.41, 5.74) is 1.25. The molecular weight excluding hydrogens is 327 g/mol.